The smallest absolute Gasteiger partial charge is 0.334 e. The maximum absolute atomic E-state index is 11.7. The second-order valence-electron chi connectivity index (χ2n) is 5.95. The molecule has 0 rings (SSSR count). The molecule has 4 nitrogen and oxygen atoms in total. The molecule has 0 aromatic heterocycles. The lowest BCUT2D eigenvalue weighted by Crippen LogP contribution is -2.45. The van der Waals surface area contributed by atoms with Gasteiger partial charge in [-0.2, -0.15) is 0 Å². The van der Waals surface area contributed by atoms with Gasteiger partial charge in [0.05, 0.1) is 6.61 Å². The number of hydrogen-bond acceptors (Lipinski definition) is 4. The van der Waals surface area contributed by atoms with Gasteiger partial charge in [0.2, 0.25) is 0 Å². The standard InChI is InChI=1S/C12H26O4Si/c1-9(8-13)15-11(14)10(2)16-17(6,7)12(3,4)5/h9-10,13H,8H2,1-7H3/t9-,10-/m0/s1. The minimum absolute atomic E-state index is 0.0597. The van der Waals surface area contributed by atoms with E-state index in [1.54, 1.807) is 13.8 Å². The molecule has 0 spiro atoms. The van der Waals surface area contributed by atoms with Crippen LogP contribution in [-0.2, 0) is 14.0 Å². The molecule has 5 heteroatoms. The van der Waals surface area contributed by atoms with E-state index >= 15 is 0 Å². The van der Waals surface area contributed by atoms with Gasteiger partial charge < -0.3 is 14.3 Å². The molecule has 0 aromatic carbocycles. The van der Waals surface area contributed by atoms with Crippen LogP contribution in [0.3, 0.4) is 0 Å². The van der Waals surface area contributed by atoms with E-state index in [-0.39, 0.29) is 11.6 Å². The molecule has 0 aliphatic carbocycles. The second-order valence-corrected chi connectivity index (χ2v) is 10.7. The van der Waals surface area contributed by atoms with Crippen LogP contribution in [0.1, 0.15) is 34.6 Å². The molecule has 0 aromatic rings. The summed E-state index contributed by atoms with van der Waals surface area (Å²) in [6.07, 6.45) is -1.06. The van der Waals surface area contributed by atoms with Crippen molar-refractivity contribution in [2.24, 2.45) is 0 Å². The molecule has 1 N–H and O–H groups in total. The van der Waals surface area contributed by atoms with Crippen molar-refractivity contribution in [1.29, 1.82) is 0 Å². The SMILES string of the molecule is C[C@H](O[Si](C)(C)C(C)(C)C)C(=O)O[C@@H](C)CO. The highest BCUT2D eigenvalue weighted by molar-refractivity contribution is 6.74. The van der Waals surface area contributed by atoms with E-state index < -0.39 is 26.5 Å². The molecule has 102 valence electrons. The highest BCUT2D eigenvalue weighted by atomic mass is 28.4. The minimum Gasteiger partial charge on any atom is -0.458 e. The number of carbonyl (C=O) groups excluding carboxylic acids is 1. The van der Waals surface area contributed by atoms with Gasteiger partial charge in [-0.25, -0.2) is 4.79 Å². The molecule has 0 bridgehead atoms. The summed E-state index contributed by atoms with van der Waals surface area (Å²) in [5, 5.41) is 8.88. The van der Waals surface area contributed by atoms with Crippen molar-refractivity contribution in [2.75, 3.05) is 6.61 Å². The quantitative estimate of drug-likeness (QED) is 0.610. The maximum Gasteiger partial charge on any atom is 0.334 e. The molecule has 0 saturated heterocycles. The fraction of sp³-hybridized carbons (Fsp3) is 0.917. The van der Waals surface area contributed by atoms with Crippen LogP contribution < -0.4 is 0 Å². The van der Waals surface area contributed by atoms with Crippen molar-refractivity contribution >= 4 is 14.3 Å². The molecular weight excluding hydrogens is 236 g/mol. The van der Waals surface area contributed by atoms with Crippen LogP contribution in [-0.4, -0.2) is 38.2 Å². The Morgan fingerprint density at radius 3 is 2.12 bits per heavy atom. The van der Waals surface area contributed by atoms with Gasteiger partial charge in [0, 0.05) is 0 Å². The topological polar surface area (TPSA) is 55.8 Å². The van der Waals surface area contributed by atoms with Gasteiger partial charge in [-0.1, -0.05) is 20.8 Å². The average Bonchev–Trinajstić information content (AvgIpc) is 2.14. The summed E-state index contributed by atoms with van der Waals surface area (Å²) >= 11 is 0. The molecular formula is C12H26O4Si. The number of carbonyl (C=O) groups is 1. The summed E-state index contributed by atoms with van der Waals surface area (Å²) in [6, 6.07) is 0. The largest absolute Gasteiger partial charge is 0.458 e. The lowest BCUT2D eigenvalue weighted by Gasteiger charge is -2.37. The molecule has 0 amide bonds. The highest BCUT2D eigenvalue weighted by Gasteiger charge is 2.40. The van der Waals surface area contributed by atoms with Gasteiger partial charge in [0.1, 0.15) is 12.2 Å². The van der Waals surface area contributed by atoms with E-state index in [0.717, 1.165) is 0 Å². The maximum atomic E-state index is 11.7. The lowest BCUT2D eigenvalue weighted by molar-refractivity contribution is -0.158. The average molecular weight is 262 g/mol. The van der Waals surface area contributed by atoms with E-state index in [0.29, 0.717) is 0 Å². The van der Waals surface area contributed by atoms with Crippen LogP contribution in [0.5, 0.6) is 0 Å². The molecule has 2 atom stereocenters. The molecule has 0 aliphatic rings. The van der Waals surface area contributed by atoms with Gasteiger partial charge in [-0.15, -0.1) is 0 Å². The van der Waals surface area contributed by atoms with Crippen LogP contribution in [0.2, 0.25) is 18.1 Å². The third-order valence-corrected chi connectivity index (χ3v) is 7.74. The van der Waals surface area contributed by atoms with Gasteiger partial charge in [-0.3, -0.25) is 0 Å². The first-order chi connectivity index (χ1) is 7.51. The van der Waals surface area contributed by atoms with Crippen molar-refractivity contribution in [3.63, 3.8) is 0 Å². The molecule has 0 fully saturated rings. The molecule has 0 aliphatic heterocycles. The normalized spacial score (nSPS) is 16.5. The van der Waals surface area contributed by atoms with Crippen LogP contribution >= 0.6 is 0 Å². The Labute approximate surface area is 105 Å². The van der Waals surface area contributed by atoms with Crippen molar-refractivity contribution in [1.82, 2.24) is 0 Å². The van der Waals surface area contributed by atoms with Crippen molar-refractivity contribution < 1.29 is 19.1 Å². The monoisotopic (exact) mass is 262 g/mol. The first kappa shape index (κ1) is 16.6. The number of esters is 1. The number of aliphatic hydroxyl groups is 1. The van der Waals surface area contributed by atoms with E-state index in [9.17, 15) is 4.79 Å². The van der Waals surface area contributed by atoms with Gasteiger partial charge >= 0.3 is 5.97 Å². The van der Waals surface area contributed by atoms with Crippen LogP contribution in [0.15, 0.2) is 0 Å². The predicted octanol–water partition coefficient (Wildman–Crippen LogP) is 2.32. The Kier molecular flexibility index (Phi) is 5.84. The summed E-state index contributed by atoms with van der Waals surface area (Å²) in [6.45, 7) is 13.7. The van der Waals surface area contributed by atoms with Crippen LogP contribution in [0.25, 0.3) is 0 Å². The van der Waals surface area contributed by atoms with E-state index in [1.165, 1.54) is 0 Å². The number of ether oxygens (including phenoxy) is 1. The number of rotatable bonds is 5. The lowest BCUT2D eigenvalue weighted by atomic mass is 10.2. The predicted molar refractivity (Wildman–Crippen MR) is 70.4 cm³/mol. The second kappa shape index (κ2) is 5.98. The summed E-state index contributed by atoms with van der Waals surface area (Å²) in [5.74, 6) is -0.406. The van der Waals surface area contributed by atoms with Crippen LogP contribution in [0.4, 0.5) is 0 Å². The van der Waals surface area contributed by atoms with Gasteiger partial charge in [0.25, 0.3) is 0 Å². The van der Waals surface area contributed by atoms with Gasteiger partial charge in [-0.05, 0) is 32.0 Å². The van der Waals surface area contributed by atoms with E-state index in [2.05, 4.69) is 33.9 Å². The van der Waals surface area contributed by atoms with Crippen molar-refractivity contribution in [3.05, 3.63) is 0 Å². The Morgan fingerprint density at radius 1 is 1.29 bits per heavy atom. The number of aliphatic hydroxyl groups excluding tert-OH is 1. The first-order valence-corrected chi connectivity index (χ1v) is 8.91. The third-order valence-electron chi connectivity index (χ3n) is 3.18. The summed E-state index contributed by atoms with van der Waals surface area (Å²) in [4.78, 5) is 11.7. The third kappa shape index (κ3) is 5.19. The number of hydrogen-bond donors (Lipinski definition) is 1. The zero-order valence-electron chi connectivity index (χ0n) is 12.0. The molecule has 0 unspecified atom stereocenters. The summed E-state index contributed by atoms with van der Waals surface area (Å²) < 4.78 is 10.9. The van der Waals surface area contributed by atoms with E-state index in [1.807, 2.05) is 0 Å². The Bertz CT molecular complexity index is 258. The van der Waals surface area contributed by atoms with E-state index in [4.69, 9.17) is 14.3 Å². The Hall–Kier alpha value is -0.393. The summed E-state index contributed by atoms with van der Waals surface area (Å²) in [7, 11) is -1.96. The molecule has 0 heterocycles. The molecule has 17 heavy (non-hydrogen) atoms. The van der Waals surface area contributed by atoms with Crippen LogP contribution in [0, 0.1) is 0 Å². The minimum atomic E-state index is -1.96. The molecule has 0 radical (unpaired) electrons. The zero-order chi connectivity index (χ0) is 13.9. The summed E-state index contributed by atoms with van der Waals surface area (Å²) in [5.41, 5.74) is 0. The zero-order valence-corrected chi connectivity index (χ0v) is 13.0. The fourth-order valence-corrected chi connectivity index (χ4v) is 2.33. The van der Waals surface area contributed by atoms with Crippen molar-refractivity contribution in [2.45, 2.75) is 65.0 Å². The fourth-order valence-electron chi connectivity index (χ4n) is 0.998. The highest BCUT2D eigenvalue weighted by Crippen LogP contribution is 2.37. The van der Waals surface area contributed by atoms with Gasteiger partial charge in [0.15, 0.2) is 8.32 Å². The van der Waals surface area contributed by atoms with Crippen molar-refractivity contribution in [3.8, 4) is 0 Å². The Morgan fingerprint density at radius 2 is 1.76 bits per heavy atom. The Balaban J connectivity index is 4.44. The molecule has 0 saturated carbocycles. The first-order valence-electron chi connectivity index (χ1n) is 6.00.